The molecule has 32 heavy (non-hydrogen) atoms. The first-order chi connectivity index (χ1) is 15.3. The summed E-state index contributed by atoms with van der Waals surface area (Å²) in [5, 5.41) is 6.94. The van der Waals surface area contributed by atoms with E-state index in [1.54, 1.807) is 0 Å². The van der Waals surface area contributed by atoms with Gasteiger partial charge in [0.05, 0.1) is 18.1 Å². The minimum absolute atomic E-state index is 0.0355. The number of ether oxygens (including phenoxy) is 1. The minimum atomic E-state index is -0.495. The lowest BCUT2D eigenvalue weighted by Gasteiger charge is -2.61. The van der Waals surface area contributed by atoms with E-state index in [4.69, 9.17) is 4.74 Å². The Labute approximate surface area is 189 Å². The zero-order chi connectivity index (χ0) is 22.5. The maximum Gasteiger partial charge on any atom is 0.310 e. The van der Waals surface area contributed by atoms with Gasteiger partial charge in [-0.2, -0.15) is 0 Å². The molecule has 1 spiro atoms. The molecule has 1 aromatic carbocycles. The lowest BCUT2D eigenvalue weighted by atomic mass is 9.51. The normalized spacial score (nSPS) is 35.6. The van der Waals surface area contributed by atoms with E-state index in [0.29, 0.717) is 25.3 Å². The monoisotopic (exact) mass is 439 g/mol. The number of carbonyl (C=O) groups is 3. The molecule has 1 saturated heterocycles. The molecule has 0 aromatic heterocycles. The fourth-order valence-electron chi connectivity index (χ4n) is 6.68. The molecule has 3 aliphatic carbocycles. The third kappa shape index (κ3) is 3.37. The van der Waals surface area contributed by atoms with Crippen molar-refractivity contribution in [3.8, 4) is 0 Å². The predicted octanol–water partition coefficient (Wildman–Crippen LogP) is 3.17. The number of hydrogen-bond donors (Lipinski definition) is 2. The molecule has 1 aromatic rings. The summed E-state index contributed by atoms with van der Waals surface area (Å²) in [6, 6.07) is 7.63. The van der Waals surface area contributed by atoms with Crippen LogP contribution >= 0.6 is 0 Å². The molecule has 2 N–H and O–H groups in total. The molecule has 2 bridgehead atoms. The van der Waals surface area contributed by atoms with Crippen LogP contribution in [0.4, 0.5) is 5.69 Å². The first-order valence-corrected chi connectivity index (χ1v) is 12.0. The van der Waals surface area contributed by atoms with Gasteiger partial charge in [-0.05, 0) is 63.0 Å². The van der Waals surface area contributed by atoms with Gasteiger partial charge in [0.25, 0.3) is 5.91 Å². The smallest absolute Gasteiger partial charge is 0.310 e. The van der Waals surface area contributed by atoms with Crippen molar-refractivity contribution in [2.75, 3.05) is 25.0 Å². The van der Waals surface area contributed by atoms with Crippen molar-refractivity contribution in [1.29, 1.82) is 0 Å². The van der Waals surface area contributed by atoms with Crippen LogP contribution < -0.4 is 10.6 Å². The van der Waals surface area contributed by atoms with Gasteiger partial charge < -0.3 is 20.3 Å². The highest BCUT2D eigenvalue weighted by molar-refractivity contribution is 6.02. The third-order valence-corrected chi connectivity index (χ3v) is 8.32. The molecule has 3 saturated carbocycles. The number of fused-ring (bicyclic) bond motifs is 3. The van der Waals surface area contributed by atoms with Crippen LogP contribution in [0.2, 0.25) is 0 Å². The Hall–Kier alpha value is -2.57. The molecule has 5 atom stereocenters. The number of rotatable bonds is 3. The Kier molecular flexibility index (Phi) is 5.18. The molecule has 5 aliphatic rings. The molecule has 2 amide bonds. The predicted molar refractivity (Wildman–Crippen MR) is 120 cm³/mol. The van der Waals surface area contributed by atoms with E-state index in [-0.39, 0.29) is 41.0 Å². The highest BCUT2D eigenvalue weighted by atomic mass is 16.5. The summed E-state index contributed by atoms with van der Waals surface area (Å²) in [6.07, 6.45) is 5.07. The van der Waals surface area contributed by atoms with Crippen molar-refractivity contribution in [3.05, 3.63) is 29.8 Å². The summed E-state index contributed by atoms with van der Waals surface area (Å²) in [4.78, 5) is 40.7. The van der Waals surface area contributed by atoms with Crippen molar-refractivity contribution < 1.29 is 19.1 Å². The maximum atomic E-state index is 13.7. The molecule has 6 rings (SSSR count). The standard InChI is InChI=1S/C25H33N3O4/c1-3-32-23(31)16-7-6-12-28(14-16)22(30)19-13-17-10-11-24(19,2)15-25(17)26-20-9-5-4-8-18(20)21(29)27-25/h4-5,8-9,16-17,19,26H,3,6-7,10-15H2,1-2H3,(H,27,29)/t16-,17+,19+,24-,25+/m1/s1. The van der Waals surface area contributed by atoms with Crippen molar-refractivity contribution >= 4 is 23.5 Å². The summed E-state index contributed by atoms with van der Waals surface area (Å²) in [6.45, 7) is 5.56. The van der Waals surface area contributed by atoms with Crippen LogP contribution in [0, 0.1) is 23.2 Å². The topological polar surface area (TPSA) is 87.7 Å². The summed E-state index contributed by atoms with van der Waals surface area (Å²) >= 11 is 0. The summed E-state index contributed by atoms with van der Waals surface area (Å²) in [5.41, 5.74) is 0.860. The summed E-state index contributed by atoms with van der Waals surface area (Å²) < 4.78 is 5.21. The van der Waals surface area contributed by atoms with Crippen LogP contribution in [-0.4, -0.2) is 48.0 Å². The lowest BCUT2D eigenvalue weighted by molar-refractivity contribution is -0.157. The number of piperidine rings is 1. The highest BCUT2D eigenvalue weighted by Gasteiger charge is 2.60. The van der Waals surface area contributed by atoms with Crippen LogP contribution in [0.1, 0.15) is 62.7 Å². The van der Waals surface area contributed by atoms with E-state index in [1.165, 1.54) is 0 Å². The Morgan fingerprint density at radius 2 is 2.03 bits per heavy atom. The fraction of sp³-hybridized carbons (Fsp3) is 0.640. The van der Waals surface area contributed by atoms with Crippen molar-refractivity contribution in [3.63, 3.8) is 0 Å². The van der Waals surface area contributed by atoms with Gasteiger partial charge in [0.2, 0.25) is 5.91 Å². The number of hydrogen-bond acceptors (Lipinski definition) is 5. The molecular weight excluding hydrogens is 406 g/mol. The third-order valence-electron chi connectivity index (χ3n) is 8.32. The van der Waals surface area contributed by atoms with Crippen LogP contribution in [-0.2, 0) is 14.3 Å². The van der Waals surface area contributed by atoms with Crippen molar-refractivity contribution in [2.45, 2.75) is 58.0 Å². The number of benzene rings is 1. The molecule has 0 radical (unpaired) electrons. The first kappa shape index (κ1) is 21.3. The summed E-state index contributed by atoms with van der Waals surface area (Å²) in [5.74, 6) is -0.156. The number of carbonyl (C=O) groups excluding carboxylic acids is 3. The van der Waals surface area contributed by atoms with Crippen LogP contribution in [0.15, 0.2) is 24.3 Å². The van der Waals surface area contributed by atoms with Gasteiger partial charge in [0.1, 0.15) is 5.66 Å². The Balaban J connectivity index is 1.34. The highest BCUT2D eigenvalue weighted by Crippen LogP contribution is 2.59. The van der Waals surface area contributed by atoms with E-state index >= 15 is 0 Å². The van der Waals surface area contributed by atoms with Crippen LogP contribution in [0.5, 0.6) is 0 Å². The van der Waals surface area contributed by atoms with Crippen LogP contribution in [0.25, 0.3) is 0 Å². The van der Waals surface area contributed by atoms with Gasteiger partial charge in [-0.25, -0.2) is 0 Å². The van der Waals surface area contributed by atoms with E-state index < -0.39 is 5.66 Å². The first-order valence-electron chi connectivity index (χ1n) is 12.0. The van der Waals surface area contributed by atoms with Gasteiger partial charge in [-0.3, -0.25) is 14.4 Å². The second-order valence-electron chi connectivity index (χ2n) is 10.3. The van der Waals surface area contributed by atoms with Gasteiger partial charge in [-0.15, -0.1) is 0 Å². The zero-order valence-electron chi connectivity index (χ0n) is 19.0. The quantitative estimate of drug-likeness (QED) is 0.707. The number of para-hydroxylation sites is 1. The number of nitrogens with one attached hydrogen (secondary N) is 2. The van der Waals surface area contributed by atoms with E-state index in [9.17, 15) is 14.4 Å². The molecular formula is C25H33N3O4. The fourth-order valence-corrected chi connectivity index (χ4v) is 6.68. The van der Waals surface area contributed by atoms with Gasteiger partial charge >= 0.3 is 5.97 Å². The number of nitrogens with zero attached hydrogens (tertiary/aromatic N) is 1. The zero-order valence-corrected chi connectivity index (χ0v) is 19.0. The number of anilines is 1. The summed E-state index contributed by atoms with van der Waals surface area (Å²) in [7, 11) is 0. The van der Waals surface area contributed by atoms with E-state index in [0.717, 1.165) is 44.2 Å². The largest absolute Gasteiger partial charge is 0.466 e. The average molecular weight is 440 g/mol. The van der Waals surface area contributed by atoms with Gasteiger partial charge in [0.15, 0.2) is 0 Å². The molecule has 4 fully saturated rings. The van der Waals surface area contributed by atoms with E-state index in [1.807, 2.05) is 36.1 Å². The molecule has 7 heteroatoms. The second-order valence-corrected chi connectivity index (χ2v) is 10.3. The van der Waals surface area contributed by atoms with Crippen LogP contribution in [0.3, 0.4) is 0 Å². The molecule has 172 valence electrons. The molecule has 0 unspecified atom stereocenters. The SMILES string of the molecule is CCOC(=O)[C@@H]1CCCN(C(=O)[C@@H]2C[C@@H]3CC[C@]2(C)C[C@]32NC(=O)c3ccccc3N2)C1. The van der Waals surface area contributed by atoms with Gasteiger partial charge in [0, 0.05) is 30.6 Å². The van der Waals surface area contributed by atoms with Crippen molar-refractivity contribution in [1.82, 2.24) is 10.2 Å². The minimum Gasteiger partial charge on any atom is -0.466 e. The second kappa shape index (κ2) is 7.78. The average Bonchev–Trinajstić information content (AvgIpc) is 2.78. The van der Waals surface area contributed by atoms with Gasteiger partial charge in [-0.1, -0.05) is 19.1 Å². The Morgan fingerprint density at radius 1 is 1.22 bits per heavy atom. The number of likely N-dealkylation sites (tertiary alicyclic amines) is 1. The lowest BCUT2D eigenvalue weighted by Crippen LogP contribution is -2.70. The number of amides is 2. The van der Waals surface area contributed by atoms with E-state index in [2.05, 4.69) is 17.6 Å². The Bertz CT molecular complexity index is 949. The van der Waals surface area contributed by atoms with Crippen molar-refractivity contribution in [2.24, 2.45) is 23.2 Å². The number of esters is 1. The molecule has 7 nitrogen and oxygen atoms in total. The maximum absolute atomic E-state index is 13.7. The Morgan fingerprint density at radius 3 is 2.81 bits per heavy atom. The molecule has 2 heterocycles. The molecule has 2 aliphatic heterocycles.